The maximum atomic E-state index is 13.0. The molecule has 0 aliphatic carbocycles. The Morgan fingerprint density at radius 1 is 1.02 bits per heavy atom. The quantitative estimate of drug-likeness (QED) is 0.0780. The standard InChI is InChI=1S/C28H37N3O12/c1-16(32)41-15-18-7-6-17(13-19(18)42-28-25(38)23(36)24(37)26(43-28)27(39)40)5-3-11-30(12-4-10-29-2)22(35)14-31-20(33)8-9-21(31)34/h6-9,13,23-26,28-29,36-38H,3-5,10-12,14-15H2,1-2H3,(H,39,40)/p+1. The van der Waals surface area contributed by atoms with Gasteiger partial charge in [0.2, 0.25) is 12.2 Å². The van der Waals surface area contributed by atoms with Gasteiger partial charge >= 0.3 is 11.9 Å². The molecule has 0 aromatic heterocycles. The van der Waals surface area contributed by atoms with E-state index in [1.54, 1.807) is 23.1 Å². The molecule has 1 aromatic carbocycles. The summed E-state index contributed by atoms with van der Waals surface area (Å²) in [6.07, 6.45) is -5.21. The average molecular weight is 609 g/mol. The number of carbonyl (C=O) groups is 5. The van der Waals surface area contributed by atoms with Crippen molar-refractivity contribution >= 4 is 29.7 Å². The van der Waals surface area contributed by atoms with E-state index in [1.807, 2.05) is 12.4 Å². The Morgan fingerprint density at radius 3 is 2.33 bits per heavy atom. The number of esters is 1. The van der Waals surface area contributed by atoms with E-state index in [4.69, 9.17) is 14.2 Å². The Morgan fingerprint density at radius 2 is 1.70 bits per heavy atom. The molecule has 5 atom stereocenters. The summed E-state index contributed by atoms with van der Waals surface area (Å²) in [6, 6.07) is 4.93. The van der Waals surface area contributed by atoms with Crippen molar-refractivity contribution in [1.29, 1.82) is 0 Å². The highest BCUT2D eigenvalue weighted by Gasteiger charge is 2.48. The number of carboxylic acid groups (broad SMARTS) is 1. The van der Waals surface area contributed by atoms with Crippen LogP contribution in [0.15, 0.2) is 30.4 Å². The molecule has 1 aromatic rings. The summed E-state index contributed by atoms with van der Waals surface area (Å²) >= 11 is 0. The van der Waals surface area contributed by atoms with Crippen molar-refractivity contribution in [3.05, 3.63) is 41.5 Å². The van der Waals surface area contributed by atoms with E-state index < -0.39 is 54.5 Å². The number of carboxylic acids is 1. The highest BCUT2D eigenvalue weighted by atomic mass is 16.7. The lowest BCUT2D eigenvalue weighted by Crippen LogP contribution is -2.79. The second-order valence-corrected chi connectivity index (χ2v) is 10.2. The summed E-state index contributed by atoms with van der Waals surface area (Å²) in [4.78, 5) is 62.2. The molecule has 2 heterocycles. The predicted octanol–water partition coefficient (Wildman–Crippen LogP) is -2.71. The van der Waals surface area contributed by atoms with Gasteiger partial charge in [-0.25, -0.2) is 4.79 Å². The van der Waals surface area contributed by atoms with Crippen LogP contribution in [0.25, 0.3) is 0 Å². The maximum absolute atomic E-state index is 13.0. The van der Waals surface area contributed by atoms with E-state index in [1.165, 1.54) is 6.92 Å². The molecule has 5 unspecified atom stereocenters. The third kappa shape index (κ3) is 9.05. The minimum atomic E-state index is -1.89. The fraction of sp³-hybridized carbons (Fsp3) is 0.536. The van der Waals surface area contributed by atoms with E-state index in [0.29, 0.717) is 43.5 Å². The van der Waals surface area contributed by atoms with E-state index in [0.717, 1.165) is 23.6 Å². The van der Waals surface area contributed by atoms with E-state index >= 15 is 0 Å². The highest BCUT2D eigenvalue weighted by Crippen LogP contribution is 2.29. The smallest absolute Gasteiger partial charge is 0.335 e. The number of ether oxygens (including phenoxy) is 3. The van der Waals surface area contributed by atoms with Gasteiger partial charge in [-0.05, 0) is 24.5 Å². The monoisotopic (exact) mass is 608 g/mol. The number of aliphatic carboxylic acids is 1. The molecular formula is C28H38N3O12+. The average Bonchev–Trinajstić information content (AvgIpc) is 3.28. The number of carbonyl (C=O) groups excluding carboxylic acids is 4. The third-order valence-electron chi connectivity index (χ3n) is 6.98. The molecule has 0 spiro atoms. The molecule has 15 nitrogen and oxygen atoms in total. The molecule has 15 heteroatoms. The molecule has 3 amide bonds. The van der Waals surface area contributed by atoms with Crippen LogP contribution in [0, 0.1) is 0 Å². The van der Waals surface area contributed by atoms with Crippen molar-refractivity contribution in [1.82, 2.24) is 9.80 Å². The van der Waals surface area contributed by atoms with Gasteiger partial charge in [-0.1, -0.05) is 12.1 Å². The van der Waals surface area contributed by atoms with Crippen LogP contribution in [0.1, 0.15) is 30.9 Å². The van der Waals surface area contributed by atoms with Gasteiger partial charge in [-0.3, -0.25) is 24.1 Å². The van der Waals surface area contributed by atoms with Gasteiger partial charge in [0, 0.05) is 44.1 Å². The lowest BCUT2D eigenvalue weighted by Gasteiger charge is -2.38. The van der Waals surface area contributed by atoms with Crippen LogP contribution < -0.4 is 10.1 Å². The van der Waals surface area contributed by atoms with Crippen molar-refractivity contribution in [3.8, 4) is 5.75 Å². The predicted molar refractivity (Wildman–Crippen MR) is 145 cm³/mol. The SMILES string of the molecule is C[NH2+]CCCN(CCCc1ccc(COC(C)=O)c(OC2OC(C(=O)O)C(O)C(O)C2O)c1)C(=O)CN1C(=O)C=CC1=O. The zero-order valence-electron chi connectivity index (χ0n) is 24.0. The Balaban J connectivity index is 1.72. The van der Waals surface area contributed by atoms with Gasteiger partial charge in [0.15, 0.2) is 6.10 Å². The van der Waals surface area contributed by atoms with Crippen molar-refractivity contribution in [2.75, 3.05) is 33.2 Å². The van der Waals surface area contributed by atoms with E-state index in [2.05, 4.69) is 0 Å². The Hall–Kier alpha value is -3.89. The molecule has 1 fully saturated rings. The lowest BCUT2D eigenvalue weighted by molar-refractivity contribution is -0.627. The van der Waals surface area contributed by atoms with E-state index in [9.17, 15) is 44.4 Å². The summed E-state index contributed by atoms with van der Waals surface area (Å²) in [6.45, 7) is 2.19. The number of quaternary nitrogens is 1. The molecule has 0 bridgehead atoms. The Kier molecular flexibility index (Phi) is 12.1. The molecule has 3 rings (SSSR count). The Bertz CT molecular complexity index is 1200. The number of hydrogen-bond donors (Lipinski definition) is 5. The van der Waals surface area contributed by atoms with Crippen LogP contribution in [-0.2, 0) is 46.5 Å². The number of hydrogen-bond acceptors (Lipinski definition) is 11. The first-order valence-electron chi connectivity index (χ1n) is 13.9. The number of aryl methyl sites for hydroxylation is 1. The first-order chi connectivity index (χ1) is 20.4. The molecule has 2 aliphatic heterocycles. The molecule has 0 radical (unpaired) electrons. The second-order valence-electron chi connectivity index (χ2n) is 10.2. The van der Waals surface area contributed by atoms with E-state index in [-0.39, 0.29) is 24.8 Å². The molecule has 1 saturated heterocycles. The minimum absolute atomic E-state index is 0.0838. The van der Waals surface area contributed by atoms with Crippen molar-refractivity contribution in [2.45, 2.75) is 63.5 Å². The molecule has 2 aliphatic rings. The van der Waals surface area contributed by atoms with Gasteiger partial charge in [0.05, 0.1) is 13.6 Å². The van der Waals surface area contributed by atoms with Crippen LogP contribution in [-0.4, -0.2) is 124 Å². The lowest BCUT2D eigenvalue weighted by atomic mass is 9.99. The largest absolute Gasteiger partial charge is 0.479 e. The van der Waals surface area contributed by atoms with Crippen molar-refractivity contribution < 1.29 is 63.9 Å². The van der Waals surface area contributed by atoms with Crippen LogP contribution in [0.3, 0.4) is 0 Å². The number of benzene rings is 1. The van der Waals surface area contributed by atoms with Crippen molar-refractivity contribution in [3.63, 3.8) is 0 Å². The third-order valence-corrected chi connectivity index (χ3v) is 6.98. The molecule has 6 N–H and O–H groups in total. The Labute approximate surface area is 247 Å². The fourth-order valence-electron chi connectivity index (χ4n) is 4.58. The number of aliphatic hydroxyl groups excluding tert-OH is 3. The van der Waals surface area contributed by atoms with Crippen LogP contribution >= 0.6 is 0 Å². The summed E-state index contributed by atoms with van der Waals surface area (Å²) in [5, 5.41) is 41.8. The van der Waals surface area contributed by atoms with Gasteiger partial charge in [-0.15, -0.1) is 0 Å². The number of aliphatic hydroxyl groups is 3. The number of imide groups is 1. The van der Waals surface area contributed by atoms with Crippen LogP contribution in [0.4, 0.5) is 0 Å². The normalized spacial score (nSPS) is 23.4. The summed E-state index contributed by atoms with van der Waals surface area (Å²) in [5.41, 5.74) is 1.08. The number of rotatable bonds is 15. The summed E-state index contributed by atoms with van der Waals surface area (Å²) in [5.74, 6) is -3.48. The molecule has 0 saturated carbocycles. The maximum Gasteiger partial charge on any atom is 0.335 e. The van der Waals surface area contributed by atoms with Crippen LogP contribution in [0.5, 0.6) is 5.75 Å². The number of nitrogens with zero attached hydrogens (tertiary/aromatic N) is 2. The van der Waals surface area contributed by atoms with Crippen LogP contribution in [0.2, 0.25) is 0 Å². The first kappa shape index (κ1) is 33.6. The molecular weight excluding hydrogens is 570 g/mol. The highest BCUT2D eigenvalue weighted by molar-refractivity contribution is 6.14. The number of amides is 3. The van der Waals surface area contributed by atoms with Crippen molar-refractivity contribution in [2.24, 2.45) is 0 Å². The zero-order valence-corrected chi connectivity index (χ0v) is 24.0. The summed E-state index contributed by atoms with van der Waals surface area (Å²) in [7, 11) is 1.91. The molecule has 43 heavy (non-hydrogen) atoms. The van der Waals surface area contributed by atoms with Gasteiger partial charge in [-0.2, -0.15) is 0 Å². The first-order valence-corrected chi connectivity index (χ1v) is 13.9. The number of nitrogens with two attached hydrogens (primary N) is 1. The van der Waals surface area contributed by atoms with Gasteiger partial charge < -0.3 is 44.9 Å². The summed E-state index contributed by atoms with van der Waals surface area (Å²) < 4.78 is 16.1. The topological polar surface area (TPSA) is 217 Å². The van der Waals surface area contributed by atoms with Gasteiger partial charge in [0.25, 0.3) is 11.8 Å². The second kappa shape index (κ2) is 15.5. The zero-order chi connectivity index (χ0) is 31.7. The minimum Gasteiger partial charge on any atom is -0.479 e. The van der Waals surface area contributed by atoms with Gasteiger partial charge in [0.1, 0.15) is 37.2 Å². The fourth-order valence-corrected chi connectivity index (χ4v) is 4.58. The molecule has 236 valence electrons.